The monoisotopic (exact) mass is 379 g/mol. The molecule has 0 spiro atoms. The van der Waals surface area contributed by atoms with Gasteiger partial charge in [-0.25, -0.2) is 9.99 Å². The van der Waals surface area contributed by atoms with Gasteiger partial charge in [-0.15, -0.1) is 11.3 Å². The summed E-state index contributed by atoms with van der Waals surface area (Å²) in [7, 11) is 0. The number of hydrogen-bond acceptors (Lipinski definition) is 4. The number of thiazole rings is 1. The first-order valence-corrected chi connectivity index (χ1v) is 9.68. The van der Waals surface area contributed by atoms with Crippen LogP contribution in [0.2, 0.25) is 0 Å². The zero-order chi connectivity index (χ0) is 18.5. The number of alkyl halides is 3. The van der Waals surface area contributed by atoms with Crippen LogP contribution in [0, 0.1) is 18.8 Å². The minimum Gasteiger partial charge on any atom is -0.235 e. The molecule has 138 valence electrons. The average Bonchev–Trinajstić information content (AvgIpc) is 3.19. The smallest absolute Gasteiger partial charge is 0.235 e. The third kappa shape index (κ3) is 3.13. The van der Waals surface area contributed by atoms with Crippen LogP contribution in [0.1, 0.15) is 31.7 Å². The van der Waals surface area contributed by atoms with Crippen molar-refractivity contribution >= 4 is 22.2 Å². The van der Waals surface area contributed by atoms with Crippen molar-refractivity contribution in [2.45, 2.75) is 45.3 Å². The van der Waals surface area contributed by atoms with Crippen molar-refractivity contribution in [3.63, 3.8) is 0 Å². The van der Waals surface area contributed by atoms with Crippen molar-refractivity contribution in [3.05, 3.63) is 35.2 Å². The van der Waals surface area contributed by atoms with Gasteiger partial charge in [0, 0.05) is 16.9 Å². The number of aryl methyl sites for hydroxylation is 1. The van der Waals surface area contributed by atoms with Crippen LogP contribution in [-0.4, -0.2) is 22.9 Å². The Bertz CT molecular complexity index is 825. The van der Waals surface area contributed by atoms with E-state index in [-0.39, 0.29) is 6.04 Å². The Morgan fingerprint density at radius 1 is 1.15 bits per heavy atom. The summed E-state index contributed by atoms with van der Waals surface area (Å²) in [5, 5.41) is 7.97. The second-order valence-corrected chi connectivity index (χ2v) is 8.14. The molecule has 1 aliphatic heterocycles. The Balaban J connectivity index is 1.66. The lowest BCUT2D eigenvalue weighted by atomic mass is 9.77. The Morgan fingerprint density at radius 2 is 1.88 bits per heavy atom. The van der Waals surface area contributed by atoms with Gasteiger partial charge >= 0.3 is 6.18 Å². The average molecular weight is 379 g/mol. The molecule has 1 aromatic carbocycles. The van der Waals surface area contributed by atoms with Gasteiger partial charge in [0.15, 0.2) is 0 Å². The normalized spacial score (nSPS) is 26.0. The topological polar surface area (TPSA) is 28.5 Å². The lowest BCUT2D eigenvalue weighted by Gasteiger charge is -2.33. The highest BCUT2D eigenvalue weighted by atomic mass is 32.1. The first-order chi connectivity index (χ1) is 12.3. The minimum absolute atomic E-state index is 0.236. The highest BCUT2D eigenvalue weighted by Crippen LogP contribution is 2.44. The van der Waals surface area contributed by atoms with E-state index in [4.69, 9.17) is 0 Å². The molecule has 2 aliphatic rings. The van der Waals surface area contributed by atoms with Gasteiger partial charge in [-0.3, -0.25) is 0 Å². The van der Waals surface area contributed by atoms with Crippen LogP contribution in [0.3, 0.4) is 0 Å². The van der Waals surface area contributed by atoms with E-state index in [0.29, 0.717) is 23.9 Å². The highest BCUT2D eigenvalue weighted by Gasteiger charge is 2.52. The van der Waals surface area contributed by atoms with Gasteiger partial charge in [0.2, 0.25) is 5.13 Å². The Morgan fingerprint density at radius 3 is 2.58 bits per heavy atom. The fourth-order valence-electron chi connectivity index (χ4n) is 3.89. The van der Waals surface area contributed by atoms with Crippen LogP contribution in [0.4, 0.5) is 18.3 Å². The SMILES string of the molecule is Cc1ccc(-c2csc(N3N=C(C(F)(F)F)[C@@H]4C[C@@H](C)CC[C@H]43)n2)cc1. The van der Waals surface area contributed by atoms with Gasteiger partial charge in [-0.2, -0.15) is 18.3 Å². The first kappa shape index (κ1) is 17.5. The molecular formula is C19H20F3N3S. The molecule has 3 nitrogen and oxygen atoms in total. The second-order valence-electron chi connectivity index (χ2n) is 7.30. The van der Waals surface area contributed by atoms with Crippen molar-refractivity contribution in [2.75, 3.05) is 5.01 Å². The van der Waals surface area contributed by atoms with Gasteiger partial charge in [0.25, 0.3) is 0 Å². The van der Waals surface area contributed by atoms with E-state index in [1.807, 2.05) is 43.5 Å². The molecule has 0 radical (unpaired) electrons. The van der Waals surface area contributed by atoms with Crippen molar-refractivity contribution in [2.24, 2.45) is 16.9 Å². The predicted molar refractivity (Wildman–Crippen MR) is 98.5 cm³/mol. The maximum atomic E-state index is 13.5. The van der Waals surface area contributed by atoms with Crippen LogP contribution in [0.15, 0.2) is 34.7 Å². The second kappa shape index (κ2) is 6.37. The van der Waals surface area contributed by atoms with Crippen LogP contribution in [0.5, 0.6) is 0 Å². The van der Waals surface area contributed by atoms with E-state index in [9.17, 15) is 13.2 Å². The van der Waals surface area contributed by atoms with Crippen molar-refractivity contribution in [3.8, 4) is 11.3 Å². The Kier molecular flexibility index (Phi) is 4.29. The van der Waals surface area contributed by atoms with Crippen molar-refractivity contribution < 1.29 is 13.2 Å². The molecule has 1 aliphatic carbocycles. The lowest BCUT2D eigenvalue weighted by Crippen LogP contribution is -2.40. The van der Waals surface area contributed by atoms with E-state index < -0.39 is 17.8 Å². The molecule has 1 saturated carbocycles. The molecule has 7 heteroatoms. The molecule has 0 amide bonds. The Labute approximate surface area is 154 Å². The third-order valence-corrected chi connectivity index (χ3v) is 6.11. The maximum Gasteiger partial charge on any atom is 0.431 e. The largest absolute Gasteiger partial charge is 0.431 e. The number of aromatic nitrogens is 1. The van der Waals surface area contributed by atoms with Gasteiger partial charge < -0.3 is 0 Å². The first-order valence-electron chi connectivity index (χ1n) is 8.80. The van der Waals surface area contributed by atoms with Crippen LogP contribution >= 0.6 is 11.3 Å². The highest BCUT2D eigenvalue weighted by molar-refractivity contribution is 7.14. The number of hydrogen-bond donors (Lipinski definition) is 0. The van der Waals surface area contributed by atoms with E-state index in [0.717, 1.165) is 23.2 Å². The molecule has 4 rings (SSSR count). The summed E-state index contributed by atoms with van der Waals surface area (Å²) < 4.78 is 40.4. The molecule has 1 aromatic heterocycles. The van der Waals surface area contributed by atoms with Gasteiger partial charge in [0.05, 0.1) is 11.7 Å². The fraction of sp³-hybridized carbons (Fsp3) is 0.474. The van der Waals surface area contributed by atoms with Crippen molar-refractivity contribution in [1.82, 2.24) is 4.98 Å². The van der Waals surface area contributed by atoms with E-state index >= 15 is 0 Å². The molecule has 0 N–H and O–H groups in total. The number of hydrazone groups is 1. The summed E-state index contributed by atoms with van der Waals surface area (Å²) in [6.07, 6.45) is -2.20. The summed E-state index contributed by atoms with van der Waals surface area (Å²) >= 11 is 1.36. The number of rotatable bonds is 2. The number of anilines is 1. The molecule has 3 atom stereocenters. The van der Waals surface area contributed by atoms with Crippen LogP contribution in [-0.2, 0) is 0 Å². The molecule has 26 heavy (non-hydrogen) atoms. The predicted octanol–water partition coefficient (Wildman–Crippen LogP) is 5.66. The standard InChI is InChI=1S/C19H20F3N3S/c1-11-3-6-13(7-4-11)15-10-26-18(23-15)25-16-8-5-12(2)9-14(16)17(24-25)19(20,21)22/h3-4,6-7,10,12,14,16H,5,8-9H2,1-2H3/t12-,14+,16+/m0/s1. The number of nitrogens with zero attached hydrogens (tertiary/aromatic N) is 3. The summed E-state index contributed by atoms with van der Waals surface area (Å²) in [5.74, 6) is -0.256. The minimum atomic E-state index is -4.38. The Hall–Kier alpha value is -1.89. The maximum absolute atomic E-state index is 13.5. The molecule has 2 aromatic rings. The quantitative estimate of drug-likeness (QED) is 0.673. The molecule has 0 saturated heterocycles. The van der Waals surface area contributed by atoms with Gasteiger partial charge in [0.1, 0.15) is 5.71 Å². The van der Waals surface area contributed by atoms with E-state index in [1.54, 1.807) is 0 Å². The zero-order valence-electron chi connectivity index (χ0n) is 14.6. The van der Waals surface area contributed by atoms with Gasteiger partial charge in [-0.05, 0) is 32.1 Å². The summed E-state index contributed by atoms with van der Waals surface area (Å²) in [5.41, 5.74) is 2.26. The molecule has 2 heterocycles. The molecule has 0 bridgehead atoms. The number of fused-ring (bicyclic) bond motifs is 1. The third-order valence-electron chi connectivity index (χ3n) is 5.28. The number of halogens is 3. The molecule has 0 unspecified atom stereocenters. The van der Waals surface area contributed by atoms with Crippen LogP contribution < -0.4 is 5.01 Å². The number of benzene rings is 1. The van der Waals surface area contributed by atoms with Crippen LogP contribution in [0.25, 0.3) is 11.3 Å². The molecule has 1 fully saturated rings. The fourth-order valence-corrected chi connectivity index (χ4v) is 4.73. The molecular weight excluding hydrogens is 359 g/mol. The summed E-state index contributed by atoms with van der Waals surface area (Å²) in [6, 6.07) is 7.73. The van der Waals surface area contributed by atoms with E-state index in [1.165, 1.54) is 16.3 Å². The summed E-state index contributed by atoms with van der Waals surface area (Å²) in [6.45, 7) is 4.03. The lowest BCUT2D eigenvalue weighted by molar-refractivity contribution is -0.0631. The summed E-state index contributed by atoms with van der Waals surface area (Å²) in [4.78, 5) is 4.59. The van der Waals surface area contributed by atoms with Crippen molar-refractivity contribution in [1.29, 1.82) is 0 Å². The van der Waals surface area contributed by atoms with Gasteiger partial charge in [-0.1, -0.05) is 36.8 Å². The zero-order valence-corrected chi connectivity index (χ0v) is 15.4. The van der Waals surface area contributed by atoms with E-state index in [2.05, 4.69) is 10.1 Å².